The highest BCUT2D eigenvalue weighted by Crippen LogP contribution is 2.31. The summed E-state index contributed by atoms with van der Waals surface area (Å²) in [7, 11) is 0. The zero-order valence-electron chi connectivity index (χ0n) is 17.1. The van der Waals surface area contributed by atoms with E-state index >= 15 is 0 Å². The number of thiazole rings is 1. The number of nitrogens with zero attached hydrogens (tertiary/aromatic N) is 6. The van der Waals surface area contributed by atoms with E-state index in [0.29, 0.717) is 22.5 Å². The van der Waals surface area contributed by atoms with Crippen LogP contribution in [0.3, 0.4) is 0 Å². The van der Waals surface area contributed by atoms with Crippen LogP contribution in [-0.2, 0) is 6.54 Å². The third kappa shape index (κ3) is 4.37. The first kappa shape index (κ1) is 20.9. The van der Waals surface area contributed by atoms with Gasteiger partial charge in [-0.3, -0.25) is 9.55 Å². The van der Waals surface area contributed by atoms with Crippen molar-refractivity contribution in [3.8, 4) is 17.5 Å². The van der Waals surface area contributed by atoms with Crippen LogP contribution in [0.4, 0.5) is 0 Å². The first-order valence-electron chi connectivity index (χ1n) is 9.90. The van der Waals surface area contributed by atoms with Gasteiger partial charge in [-0.1, -0.05) is 23.9 Å². The molecule has 0 fully saturated rings. The molecule has 162 valence electrons. The number of fused-ring (bicyclic) bond motifs is 1. The molecule has 5 rings (SSSR count). The Hall–Kier alpha value is -3.94. The molecule has 4 aromatic heterocycles. The predicted octanol–water partition coefficient (Wildman–Crippen LogP) is 5.18. The van der Waals surface area contributed by atoms with E-state index < -0.39 is 0 Å². The molecule has 0 aliphatic carbocycles. The van der Waals surface area contributed by atoms with Gasteiger partial charge in [0, 0.05) is 18.0 Å². The van der Waals surface area contributed by atoms with Crippen LogP contribution >= 0.6 is 23.1 Å². The molecular formula is C23H16N6O2S2. The van der Waals surface area contributed by atoms with Gasteiger partial charge in [-0.2, -0.15) is 5.26 Å². The number of aliphatic hydroxyl groups excluding tert-OH is 1. The van der Waals surface area contributed by atoms with E-state index in [-0.39, 0.29) is 17.1 Å². The van der Waals surface area contributed by atoms with Gasteiger partial charge in [-0.25, -0.2) is 4.98 Å². The van der Waals surface area contributed by atoms with E-state index in [1.54, 1.807) is 18.7 Å². The quantitative estimate of drug-likeness (QED) is 0.196. The van der Waals surface area contributed by atoms with Crippen LogP contribution in [0.1, 0.15) is 10.8 Å². The first-order chi connectivity index (χ1) is 16.2. The maximum Gasteiger partial charge on any atom is 0.192 e. The number of hydrogen-bond donors (Lipinski definition) is 1. The molecule has 4 heterocycles. The van der Waals surface area contributed by atoms with E-state index in [9.17, 15) is 10.4 Å². The average Bonchev–Trinajstić information content (AvgIpc) is 3.59. The second-order valence-electron chi connectivity index (χ2n) is 6.92. The molecule has 0 aliphatic rings. The fourth-order valence-electron chi connectivity index (χ4n) is 3.22. The molecule has 5 aromatic rings. The normalized spacial score (nSPS) is 12.0. The van der Waals surface area contributed by atoms with Gasteiger partial charge < -0.3 is 9.52 Å². The Bertz CT molecular complexity index is 1430. The summed E-state index contributed by atoms with van der Waals surface area (Å²) in [6.45, 7) is 0.417. The summed E-state index contributed by atoms with van der Waals surface area (Å²) in [5.41, 5.74) is 1.77. The highest BCUT2D eigenvalue weighted by Gasteiger charge is 2.19. The lowest BCUT2D eigenvalue weighted by atomic mass is 10.2. The fraction of sp³-hybridized carbons (Fsp3) is 0.0870. The number of furan rings is 1. The van der Waals surface area contributed by atoms with Crippen LogP contribution in [-0.4, -0.2) is 35.6 Å². The van der Waals surface area contributed by atoms with Crippen molar-refractivity contribution >= 4 is 38.9 Å². The van der Waals surface area contributed by atoms with Crippen molar-refractivity contribution in [1.82, 2.24) is 24.7 Å². The van der Waals surface area contributed by atoms with Gasteiger partial charge in [-0.05, 0) is 36.4 Å². The van der Waals surface area contributed by atoms with Crippen molar-refractivity contribution in [2.45, 2.75) is 11.7 Å². The predicted molar refractivity (Wildman–Crippen MR) is 127 cm³/mol. The van der Waals surface area contributed by atoms with Crippen LogP contribution < -0.4 is 0 Å². The molecule has 0 atom stereocenters. The number of allylic oxidation sites excluding steroid dienone is 1. The number of aromatic nitrogens is 5. The number of rotatable bonds is 7. The van der Waals surface area contributed by atoms with Crippen molar-refractivity contribution in [3.63, 3.8) is 0 Å². The highest BCUT2D eigenvalue weighted by molar-refractivity contribution is 7.99. The van der Waals surface area contributed by atoms with Crippen molar-refractivity contribution in [2.24, 2.45) is 0 Å². The minimum Gasteiger partial charge on any atom is -0.510 e. The second kappa shape index (κ2) is 9.28. The lowest BCUT2D eigenvalue weighted by Crippen LogP contribution is -2.04. The van der Waals surface area contributed by atoms with Gasteiger partial charge >= 0.3 is 0 Å². The van der Waals surface area contributed by atoms with Gasteiger partial charge in [0.2, 0.25) is 0 Å². The maximum atomic E-state index is 10.7. The van der Waals surface area contributed by atoms with Crippen molar-refractivity contribution in [1.29, 1.82) is 5.26 Å². The number of para-hydroxylation sites is 1. The van der Waals surface area contributed by atoms with Crippen LogP contribution in [0.5, 0.6) is 0 Å². The minimum atomic E-state index is -0.0583. The zero-order valence-corrected chi connectivity index (χ0v) is 18.8. The third-order valence-electron chi connectivity index (χ3n) is 4.78. The molecule has 10 heteroatoms. The molecule has 1 aromatic carbocycles. The molecule has 0 bridgehead atoms. The Morgan fingerprint density at radius 3 is 2.82 bits per heavy atom. The van der Waals surface area contributed by atoms with E-state index in [1.165, 1.54) is 23.1 Å². The largest absolute Gasteiger partial charge is 0.510 e. The smallest absolute Gasteiger partial charge is 0.192 e. The van der Waals surface area contributed by atoms with Crippen molar-refractivity contribution in [3.05, 3.63) is 83.7 Å². The maximum absolute atomic E-state index is 10.7. The molecular weight excluding hydrogens is 456 g/mol. The van der Waals surface area contributed by atoms with Crippen molar-refractivity contribution in [2.75, 3.05) is 5.75 Å². The molecule has 0 unspecified atom stereocenters. The lowest BCUT2D eigenvalue weighted by molar-refractivity contribution is 0.420. The van der Waals surface area contributed by atoms with E-state index in [2.05, 4.69) is 26.2 Å². The lowest BCUT2D eigenvalue weighted by Gasteiger charge is -2.09. The molecule has 1 N–H and O–H groups in total. The fourth-order valence-corrected chi connectivity index (χ4v) is 5.02. The van der Waals surface area contributed by atoms with Crippen molar-refractivity contribution < 1.29 is 9.52 Å². The highest BCUT2D eigenvalue weighted by atomic mass is 32.2. The number of aliphatic hydroxyl groups is 1. The summed E-state index contributed by atoms with van der Waals surface area (Å²) >= 11 is 2.66. The van der Waals surface area contributed by atoms with Gasteiger partial charge in [0.25, 0.3) is 0 Å². The van der Waals surface area contributed by atoms with Gasteiger partial charge in [-0.15, -0.1) is 21.5 Å². The minimum absolute atomic E-state index is 0.0583. The van der Waals surface area contributed by atoms with Crippen LogP contribution in [0.25, 0.3) is 27.2 Å². The molecule has 0 radical (unpaired) electrons. The number of hydrogen-bond acceptors (Lipinski definition) is 9. The van der Waals surface area contributed by atoms with E-state index in [0.717, 1.165) is 21.5 Å². The monoisotopic (exact) mass is 472 g/mol. The summed E-state index contributed by atoms with van der Waals surface area (Å²) in [5, 5.41) is 30.1. The summed E-state index contributed by atoms with van der Waals surface area (Å²) < 4.78 is 8.37. The van der Waals surface area contributed by atoms with Crippen LogP contribution in [0, 0.1) is 11.3 Å². The second-order valence-corrected chi connectivity index (χ2v) is 8.90. The SMILES string of the molecule is N#C/C(=C(/O)CSc1nnc(-c2cccnc2)n1Cc1ccco1)c1nc2ccccc2s1. The zero-order chi connectivity index (χ0) is 22.6. The third-order valence-corrected chi connectivity index (χ3v) is 6.81. The van der Waals surface area contributed by atoms with Gasteiger partial charge in [0.1, 0.15) is 28.2 Å². The molecule has 0 aliphatic heterocycles. The van der Waals surface area contributed by atoms with Crippen LogP contribution in [0.2, 0.25) is 0 Å². The summed E-state index contributed by atoms with van der Waals surface area (Å²) in [6.07, 6.45) is 5.03. The Balaban J connectivity index is 1.44. The Kier molecular flexibility index (Phi) is 5.89. The number of pyridine rings is 1. The number of nitriles is 1. The Labute approximate surface area is 196 Å². The Morgan fingerprint density at radius 2 is 2.06 bits per heavy atom. The summed E-state index contributed by atoms with van der Waals surface area (Å²) in [5.74, 6) is 1.46. The van der Waals surface area contributed by atoms with Crippen LogP contribution in [0.15, 0.2) is 82.5 Å². The summed E-state index contributed by atoms with van der Waals surface area (Å²) in [6, 6.07) is 17.2. The topological polar surface area (TPSA) is 114 Å². The number of thioether (sulfide) groups is 1. The van der Waals surface area contributed by atoms with Gasteiger partial charge in [0.05, 0.1) is 28.8 Å². The molecule has 8 nitrogen and oxygen atoms in total. The van der Waals surface area contributed by atoms with E-state index in [4.69, 9.17) is 4.42 Å². The van der Waals surface area contributed by atoms with Gasteiger partial charge in [0.15, 0.2) is 11.0 Å². The standard InChI is InChI=1S/C23H16N6O2S2/c24-11-17(22-26-18-7-1-2-8-20(18)33-22)19(30)14-32-23-28-27-21(15-5-3-9-25-12-15)29(23)13-16-6-4-10-31-16/h1-10,12,30H,13-14H2/b19-17-. The molecule has 33 heavy (non-hydrogen) atoms. The molecule has 0 saturated carbocycles. The molecule has 0 saturated heterocycles. The first-order valence-corrected chi connectivity index (χ1v) is 11.7. The summed E-state index contributed by atoms with van der Waals surface area (Å²) in [4.78, 5) is 8.66. The van der Waals surface area contributed by atoms with E-state index in [1.807, 2.05) is 53.1 Å². The number of benzene rings is 1. The molecule has 0 spiro atoms. The molecule has 0 amide bonds. The Morgan fingerprint density at radius 1 is 1.15 bits per heavy atom. The average molecular weight is 473 g/mol.